The van der Waals surface area contributed by atoms with Crippen molar-refractivity contribution in [1.29, 1.82) is 0 Å². The minimum Gasteiger partial charge on any atom is -0.465 e. The number of pyridine rings is 1. The number of allylic oxidation sites excluding steroid dienone is 1. The first-order chi connectivity index (χ1) is 18.8. The molecule has 0 saturated heterocycles. The molecule has 11 nitrogen and oxygen atoms in total. The number of nitrogens with zero attached hydrogens (tertiary/aromatic N) is 6. The van der Waals surface area contributed by atoms with E-state index in [2.05, 4.69) is 26.8 Å². The van der Waals surface area contributed by atoms with Gasteiger partial charge in [-0.15, -0.1) is 6.58 Å². The molecule has 0 unspecified atom stereocenters. The number of nitrogens with one attached hydrogen (secondary N) is 1. The van der Waals surface area contributed by atoms with Crippen LogP contribution in [-0.4, -0.2) is 52.1 Å². The van der Waals surface area contributed by atoms with E-state index >= 15 is 0 Å². The van der Waals surface area contributed by atoms with E-state index in [1.54, 1.807) is 42.8 Å². The SMILES string of the molecule is C=CCn1c(=O)c2cnc(Nc3ccc4c(c3)[C@@H](C)N(C(=O)O)CC4(C)C)nc2n1-c1cccc(C(C)(C)O)n1. The van der Waals surface area contributed by atoms with Crippen molar-refractivity contribution in [2.45, 2.75) is 58.2 Å². The summed E-state index contributed by atoms with van der Waals surface area (Å²) in [6.45, 7) is 13.6. The van der Waals surface area contributed by atoms with Gasteiger partial charge >= 0.3 is 6.09 Å². The Hall–Kier alpha value is -4.51. The highest BCUT2D eigenvalue weighted by atomic mass is 16.4. The second-order valence-electron chi connectivity index (χ2n) is 11.3. The van der Waals surface area contributed by atoms with Crippen LogP contribution in [0.4, 0.5) is 16.4 Å². The minimum absolute atomic E-state index is 0.213. The van der Waals surface area contributed by atoms with Gasteiger partial charge in [0.1, 0.15) is 11.0 Å². The summed E-state index contributed by atoms with van der Waals surface area (Å²) in [7, 11) is 0. The average Bonchev–Trinajstić information content (AvgIpc) is 3.16. The normalized spacial score (nSPS) is 16.6. The monoisotopic (exact) mass is 543 g/mol. The third kappa shape index (κ3) is 4.62. The third-order valence-electron chi connectivity index (χ3n) is 7.32. The van der Waals surface area contributed by atoms with Gasteiger partial charge in [0.2, 0.25) is 5.95 Å². The maximum atomic E-state index is 13.3. The van der Waals surface area contributed by atoms with Crippen molar-refractivity contribution < 1.29 is 15.0 Å². The zero-order valence-electron chi connectivity index (χ0n) is 23.2. The van der Waals surface area contributed by atoms with Crippen molar-refractivity contribution in [3.05, 3.63) is 82.4 Å². The Bertz CT molecular complexity index is 1700. The third-order valence-corrected chi connectivity index (χ3v) is 7.32. The maximum absolute atomic E-state index is 13.3. The molecule has 0 fully saturated rings. The van der Waals surface area contributed by atoms with Crippen LogP contribution < -0.4 is 10.9 Å². The molecule has 1 aromatic carbocycles. The number of aliphatic hydroxyl groups is 1. The van der Waals surface area contributed by atoms with Crippen LogP contribution in [0, 0.1) is 0 Å². The zero-order valence-corrected chi connectivity index (χ0v) is 23.2. The Balaban J connectivity index is 1.60. The molecule has 0 bridgehead atoms. The van der Waals surface area contributed by atoms with Gasteiger partial charge in [-0.05, 0) is 56.2 Å². The topological polar surface area (TPSA) is 138 Å². The Kier molecular flexibility index (Phi) is 6.49. The fourth-order valence-corrected chi connectivity index (χ4v) is 5.27. The van der Waals surface area contributed by atoms with Gasteiger partial charge in [-0.3, -0.25) is 4.79 Å². The van der Waals surface area contributed by atoms with Crippen LogP contribution in [0.15, 0.2) is 60.0 Å². The van der Waals surface area contributed by atoms with Crippen molar-refractivity contribution in [2.75, 3.05) is 11.9 Å². The molecule has 1 amide bonds. The molecule has 0 saturated carbocycles. The molecule has 0 aliphatic carbocycles. The maximum Gasteiger partial charge on any atom is 0.407 e. The highest BCUT2D eigenvalue weighted by Gasteiger charge is 2.38. The molecule has 40 heavy (non-hydrogen) atoms. The smallest absolute Gasteiger partial charge is 0.407 e. The van der Waals surface area contributed by atoms with E-state index < -0.39 is 11.7 Å². The van der Waals surface area contributed by atoms with Crippen LogP contribution in [0.3, 0.4) is 0 Å². The Morgan fingerprint density at radius 2 is 2.00 bits per heavy atom. The van der Waals surface area contributed by atoms with E-state index in [1.165, 1.54) is 15.8 Å². The summed E-state index contributed by atoms with van der Waals surface area (Å²) < 4.78 is 3.07. The number of rotatable bonds is 6. The average molecular weight is 544 g/mol. The highest BCUT2D eigenvalue weighted by molar-refractivity contribution is 5.77. The lowest BCUT2D eigenvalue weighted by atomic mass is 9.76. The summed E-state index contributed by atoms with van der Waals surface area (Å²) in [4.78, 5) is 40.3. The molecule has 208 valence electrons. The van der Waals surface area contributed by atoms with Crippen molar-refractivity contribution >= 4 is 28.8 Å². The fraction of sp³-hybridized carbons (Fsp3) is 0.345. The molecule has 4 heterocycles. The number of carbonyl (C=O) groups is 1. The zero-order chi connectivity index (χ0) is 29.0. The van der Waals surface area contributed by atoms with Gasteiger partial charge in [0.05, 0.1) is 18.3 Å². The number of hydrogen-bond donors (Lipinski definition) is 3. The number of amides is 1. The minimum atomic E-state index is -1.18. The van der Waals surface area contributed by atoms with Gasteiger partial charge < -0.3 is 20.4 Å². The van der Waals surface area contributed by atoms with Crippen LogP contribution in [0.1, 0.15) is 57.5 Å². The quantitative estimate of drug-likeness (QED) is 0.303. The highest BCUT2D eigenvalue weighted by Crippen LogP contribution is 2.40. The van der Waals surface area contributed by atoms with Gasteiger partial charge in [-0.2, -0.15) is 4.98 Å². The summed E-state index contributed by atoms with van der Waals surface area (Å²) in [5.74, 6) is 0.672. The standard InChI is InChI=1S/C29H33N7O4/c1-7-13-35-25(37)20-15-30-26(33-24(20)36(35)23-10-8-9-22(32-23)29(5,6)40)31-18-11-12-21-19(14-18)17(2)34(27(38)39)16-28(21,3)4/h7-12,14-15,17,40H,1,13,16H2,2-6H3,(H,38,39)(H,30,31,33)/t17-/m1/s1. The Morgan fingerprint density at radius 3 is 2.67 bits per heavy atom. The summed E-state index contributed by atoms with van der Waals surface area (Å²) in [5, 5.41) is 23.8. The predicted molar refractivity (Wildman–Crippen MR) is 152 cm³/mol. The van der Waals surface area contributed by atoms with Gasteiger partial charge in [0, 0.05) is 23.8 Å². The fourth-order valence-electron chi connectivity index (χ4n) is 5.27. The van der Waals surface area contributed by atoms with Gasteiger partial charge in [0.15, 0.2) is 11.5 Å². The molecule has 1 aliphatic rings. The van der Waals surface area contributed by atoms with E-state index in [9.17, 15) is 19.8 Å². The van der Waals surface area contributed by atoms with Crippen LogP contribution in [-0.2, 0) is 17.6 Å². The molecule has 0 radical (unpaired) electrons. The summed E-state index contributed by atoms with van der Waals surface area (Å²) in [5.41, 5.74) is 1.65. The van der Waals surface area contributed by atoms with Gasteiger partial charge in [0.25, 0.3) is 5.56 Å². The lowest BCUT2D eigenvalue weighted by Crippen LogP contribution is -2.46. The lowest BCUT2D eigenvalue weighted by molar-refractivity contribution is 0.0738. The second kappa shape index (κ2) is 9.60. The first kappa shape index (κ1) is 27.1. The Labute approximate surface area is 231 Å². The van der Waals surface area contributed by atoms with E-state index in [4.69, 9.17) is 0 Å². The number of fused-ring (bicyclic) bond motifs is 2. The largest absolute Gasteiger partial charge is 0.465 e. The lowest BCUT2D eigenvalue weighted by Gasteiger charge is -2.42. The van der Waals surface area contributed by atoms with Crippen molar-refractivity contribution in [3.8, 4) is 5.82 Å². The van der Waals surface area contributed by atoms with E-state index in [0.717, 1.165) is 11.1 Å². The molecule has 1 aliphatic heterocycles. The molecule has 3 aromatic heterocycles. The molecule has 1 atom stereocenters. The number of anilines is 2. The number of benzene rings is 1. The summed E-state index contributed by atoms with van der Waals surface area (Å²) in [6, 6.07) is 10.8. The first-order valence-corrected chi connectivity index (χ1v) is 13.0. The molecule has 4 aromatic rings. The number of carboxylic acid groups (broad SMARTS) is 1. The predicted octanol–water partition coefficient (Wildman–Crippen LogP) is 4.47. The summed E-state index contributed by atoms with van der Waals surface area (Å²) >= 11 is 0. The van der Waals surface area contributed by atoms with E-state index in [-0.39, 0.29) is 29.5 Å². The molecular formula is C29H33N7O4. The Morgan fingerprint density at radius 1 is 1.25 bits per heavy atom. The molecule has 11 heteroatoms. The first-order valence-electron chi connectivity index (χ1n) is 13.0. The van der Waals surface area contributed by atoms with Crippen molar-refractivity contribution in [3.63, 3.8) is 0 Å². The number of hydrogen-bond acceptors (Lipinski definition) is 7. The summed E-state index contributed by atoms with van der Waals surface area (Å²) in [6.07, 6.45) is 2.13. The van der Waals surface area contributed by atoms with Crippen LogP contribution in [0.25, 0.3) is 16.9 Å². The van der Waals surface area contributed by atoms with Gasteiger partial charge in [-0.1, -0.05) is 32.1 Å². The second-order valence-corrected chi connectivity index (χ2v) is 11.3. The molecule has 5 rings (SSSR count). The van der Waals surface area contributed by atoms with E-state index in [1.807, 2.05) is 39.0 Å². The van der Waals surface area contributed by atoms with Crippen LogP contribution in [0.2, 0.25) is 0 Å². The number of aromatic nitrogens is 5. The molecule has 3 N–H and O–H groups in total. The van der Waals surface area contributed by atoms with Crippen molar-refractivity contribution in [2.24, 2.45) is 0 Å². The van der Waals surface area contributed by atoms with Gasteiger partial charge in [-0.25, -0.2) is 24.1 Å². The molecule has 0 spiro atoms. The molecular weight excluding hydrogens is 510 g/mol. The van der Waals surface area contributed by atoms with Crippen molar-refractivity contribution in [1.82, 2.24) is 29.2 Å². The van der Waals surface area contributed by atoms with Crippen LogP contribution in [0.5, 0.6) is 0 Å². The van der Waals surface area contributed by atoms with Crippen LogP contribution >= 0.6 is 0 Å². The van der Waals surface area contributed by atoms with E-state index in [0.29, 0.717) is 34.8 Å².